The van der Waals surface area contributed by atoms with Crippen LogP contribution in [0.1, 0.15) is 50.3 Å². The van der Waals surface area contributed by atoms with Gasteiger partial charge in [-0.2, -0.15) is 0 Å². The van der Waals surface area contributed by atoms with Crippen molar-refractivity contribution in [3.8, 4) is 0 Å². The molecule has 0 bridgehead atoms. The third-order valence-electron chi connectivity index (χ3n) is 4.09. The van der Waals surface area contributed by atoms with Crippen molar-refractivity contribution in [1.82, 2.24) is 10.3 Å². The fraction of sp³-hybridized carbons (Fsp3) is 0.688. The minimum atomic E-state index is 0.695. The van der Waals surface area contributed by atoms with Crippen LogP contribution in [-0.4, -0.2) is 24.6 Å². The summed E-state index contributed by atoms with van der Waals surface area (Å²) in [5.74, 6) is 1.18. The maximum atomic E-state index is 4.83. The first kappa shape index (κ1) is 14.3. The molecule has 0 saturated carbocycles. The third kappa shape index (κ3) is 3.47. The molecule has 1 fully saturated rings. The molecular weight excluding hydrogens is 234 g/mol. The molecule has 1 aromatic heterocycles. The zero-order valence-corrected chi connectivity index (χ0v) is 12.6. The highest BCUT2D eigenvalue weighted by atomic mass is 15.2. The Labute approximate surface area is 117 Å². The van der Waals surface area contributed by atoms with Crippen molar-refractivity contribution in [2.75, 3.05) is 18.5 Å². The summed E-state index contributed by atoms with van der Waals surface area (Å²) in [6.45, 7) is 6.47. The van der Waals surface area contributed by atoms with Crippen LogP contribution in [-0.2, 0) is 6.54 Å². The number of rotatable bonds is 5. The molecule has 1 aliphatic rings. The van der Waals surface area contributed by atoms with E-state index in [4.69, 9.17) is 4.98 Å². The summed E-state index contributed by atoms with van der Waals surface area (Å²) in [6, 6.07) is 5.13. The number of hydrogen-bond donors (Lipinski definition) is 1. The van der Waals surface area contributed by atoms with Crippen LogP contribution in [0.25, 0.3) is 0 Å². The molecule has 2 heterocycles. The highest BCUT2D eigenvalue weighted by Gasteiger charge is 2.22. The monoisotopic (exact) mass is 261 g/mol. The predicted molar refractivity (Wildman–Crippen MR) is 81.6 cm³/mol. The van der Waals surface area contributed by atoms with Crippen LogP contribution in [0.3, 0.4) is 0 Å². The van der Waals surface area contributed by atoms with Crippen molar-refractivity contribution in [3.63, 3.8) is 0 Å². The Kier molecular flexibility index (Phi) is 5.20. The van der Waals surface area contributed by atoms with E-state index in [9.17, 15) is 0 Å². The highest BCUT2D eigenvalue weighted by Crippen LogP contribution is 2.26. The van der Waals surface area contributed by atoms with E-state index in [2.05, 4.69) is 36.2 Å². The van der Waals surface area contributed by atoms with E-state index in [0.717, 1.165) is 12.2 Å². The van der Waals surface area contributed by atoms with Gasteiger partial charge in [-0.25, -0.2) is 4.98 Å². The first-order valence-electron chi connectivity index (χ1n) is 7.64. The van der Waals surface area contributed by atoms with Crippen LogP contribution >= 0.6 is 0 Å². The van der Waals surface area contributed by atoms with Crippen LogP contribution in [0.4, 0.5) is 5.82 Å². The summed E-state index contributed by atoms with van der Waals surface area (Å²) in [7, 11) is 1.98. The number of hydrogen-bond acceptors (Lipinski definition) is 3. The lowest BCUT2D eigenvalue weighted by atomic mass is 9.98. The Hall–Kier alpha value is -1.09. The number of nitrogens with zero attached hydrogens (tertiary/aromatic N) is 2. The topological polar surface area (TPSA) is 28.2 Å². The van der Waals surface area contributed by atoms with E-state index >= 15 is 0 Å². The molecule has 1 N–H and O–H groups in total. The van der Waals surface area contributed by atoms with Gasteiger partial charge in [0.15, 0.2) is 0 Å². The fourth-order valence-electron chi connectivity index (χ4n) is 3.05. The van der Waals surface area contributed by atoms with Crippen molar-refractivity contribution in [3.05, 3.63) is 23.4 Å². The van der Waals surface area contributed by atoms with Gasteiger partial charge in [0.25, 0.3) is 0 Å². The van der Waals surface area contributed by atoms with E-state index in [1.54, 1.807) is 0 Å². The molecular formula is C16H27N3. The Morgan fingerprint density at radius 2 is 2.21 bits per heavy atom. The molecule has 1 saturated heterocycles. The molecule has 3 heteroatoms. The maximum absolute atomic E-state index is 4.83. The molecule has 19 heavy (non-hydrogen) atoms. The van der Waals surface area contributed by atoms with E-state index in [-0.39, 0.29) is 0 Å². The Bertz CT molecular complexity index is 401. The maximum Gasteiger partial charge on any atom is 0.129 e. The normalized spacial score (nSPS) is 19.7. The summed E-state index contributed by atoms with van der Waals surface area (Å²) < 4.78 is 0. The molecule has 0 amide bonds. The van der Waals surface area contributed by atoms with Crippen molar-refractivity contribution < 1.29 is 0 Å². The van der Waals surface area contributed by atoms with Gasteiger partial charge in [0.05, 0.1) is 0 Å². The first-order chi connectivity index (χ1) is 9.26. The largest absolute Gasteiger partial charge is 0.354 e. The molecule has 1 unspecified atom stereocenters. The second-order valence-corrected chi connectivity index (χ2v) is 5.58. The van der Waals surface area contributed by atoms with Gasteiger partial charge in [0.1, 0.15) is 5.82 Å². The second kappa shape index (κ2) is 6.90. The first-order valence-corrected chi connectivity index (χ1v) is 7.64. The minimum absolute atomic E-state index is 0.695. The van der Waals surface area contributed by atoms with E-state index in [0.29, 0.717) is 6.04 Å². The average molecular weight is 261 g/mol. The summed E-state index contributed by atoms with van der Waals surface area (Å²) in [4.78, 5) is 7.36. The van der Waals surface area contributed by atoms with Crippen LogP contribution in [0.2, 0.25) is 0 Å². The number of anilines is 1. The van der Waals surface area contributed by atoms with Gasteiger partial charge in [-0.3, -0.25) is 0 Å². The van der Waals surface area contributed by atoms with Gasteiger partial charge in [0, 0.05) is 24.8 Å². The highest BCUT2D eigenvalue weighted by molar-refractivity contribution is 5.43. The quantitative estimate of drug-likeness (QED) is 0.881. The molecule has 0 radical (unpaired) electrons. The zero-order valence-electron chi connectivity index (χ0n) is 12.6. The molecule has 3 nitrogen and oxygen atoms in total. The number of aromatic nitrogens is 1. The van der Waals surface area contributed by atoms with Gasteiger partial charge in [-0.15, -0.1) is 0 Å². The van der Waals surface area contributed by atoms with E-state index in [1.165, 1.54) is 50.0 Å². The van der Waals surface area contributed by atoms with Crippen molar-refractivity contribution >= 4 is 5.82 Å². The second-order valence-electron chi connectivity index (χ2n) is 5.58. The number of pyridine rings is 1. The van der Waals surface area contributed by atoms with E-state index < -0.39 is 0 Å². The number of nitrogens with one attached hydrogen (secondary N) is 1. The number of aryl methyl sites for hydroxylation is 1. The van der Waals surface area contributed by atoms with Gasteiger partial charge >= 0.3 is 0 Å². The third-order valence-corrected chi connectivity index (χ3v) is 4.09. The standard InChI is InChI=1S/C16H27N3/c1-4-7-15-8-5-6-11-19(15)16-10-9-14(12-17-3)13(2)18-16/h9-10,15,17H,4-8,11-12H2,1-3H3. The summed E-state index contributed by atoms with van der Waals surface area (Å²) in [5, 5.41) is 3.20. The Balaban J connectivity index is 2.17. The average Bonchev–Trinajstić information content (AvgIpc) is 2.42. The van der Waals surface area contributed by atoms with Gasteiger partial charge in [0.2, 0.25) is 0 Å². The molecule has 2 rings (SSSR count). The van der Waals surface area contributed by atoms with Gasteiger partial charge < -0.3 is 10.2 Å². The van der Waals surface area contributed by atoms with Gasteiger partial charge in [-0.1, -0.05) is 19.4 Å². The van der Waals surface area contributed by atoms with Gasteiger partial charge in [-0.05, 0) is 51.3 Å². The van der Waals surface area contributed by atoms with Crippen LogP contribution < -0.4 is 10.2 Å². The smallest absolute Gasteiger partial charge is 0.129 e. The number of piperidine rings is 1. The molecule has 106 valence electrons. The predicted octanol–water partition coefficient (Wildman–Crippen LogP) is 3.27. The lowest BCUT2D eigenvalue weighted by molar-refractivity contribution is 0.431. The lowest BCUT2D eigenvalue weighted by Crippen LogP contribution is -2.40. The van der Waals surface area contributed by atoms with Crippen LogP contribution in [0, 0.1) is 6.92 Å². The summed E-state index contributed by atoms with van der Waals surface area (Å²) in [5.41, 5.74) is 2.46. The summed E-state index contributed by atoms with van der Waals surface area (Å²) in [6.07, 6.45) is 6.56. The van der Waals surface area contributed by atoms with Crippen LogP contribution in [0.5, 0.6) is 0 Å². The molecule has 0 aromatic carbocycles. The Morgan fingerprint density at radius 3 is 2.89 bits per heavy atom. The lowest BCUT2D eigenvalue weighted by Gasteiger charge is -2.37. The van der Waals surface area contributed by atoms with Crippen molar-refractivity contribution in [2.45, 2.75) is 58.5 Å². The summed E-state index contributed by atoms with van der Waals surface area (Å²) >= 11 is 0. The molecule has 1 aliphatic heterocycles. The Morgan fingerprint density at radius 1 is 1.37 bits per heavy atom. The van der Waals surface area contributed by atoms with Crippen molar-refractivity contribution in [2.24, 2.45) is 0 Å². The molecule has 1 atom stereocenters. The molecule has 0 spiro atoms. The zero-order chi connectivity index (χ0) is 13.7. The molecule has 1 aromatic rings. The van der Waals surface area contributed by atoms with Crippen molar-refractivity contribution in [1.29, 1.82) is 0 Å². The van der Waals surface area contributed by atoms with E-state index in [1.807, 2.05) is 7.05 Å². The van der Waals surface area contributed by atoms with Crippen LogP contribution in [0.15, 0.2) is 12.1 Å². The fourth-order valence-corrected chi connectivity index (χ4v) is 3.05. The minimum Gasteiger partial charge on any atom is -0.354 e. The SMILES string of the molecule is CCCC1CCCCN1c1ccc(CNC)c(C)n1. The molecule has 0 aliphatic carbocycles.